The number of hydrogen-bond acceptors (Lipinski definition) is 17. The average Bonchev–Trinajstić information content (AvgIpc) is 0.742. The minimum Gasteiger partial charge on any atom is -0.507 e. The van der Waals surface area contributed by atoms with E-state index in [9.17, 15) is 45.6 Å². The van der Waals surface area contributed by atoms with E-state index in [1.54, 1.807) is 43.2 Å². The summed E-state index contributed by atoms with van der Waals surface area (Å²) in [7, 11) is 6.78. The number of hydrogen-bond donors (Lipinski definition) is 9. The maximum atomic E-state index is 15.8. The predicted octanol–water partition coefficient (Wildman–Crippen LogP) is 12.8. The molecule has 0 amide bonds. The number of carbonyl (C=O) groups is 1. The molecule has 10 unspecified atom stereocenters. The molecule has 2 aliphatic carbocycles. The van der Waals surface area contributed by atoms with E-state index in [0.29, 0.717) is 103 Å². The molecule has 5 heterocycles. The Labute approximate surface area is 529 Å². The summed E-state index contributed by atoms with van der Waals surface area (Å²) in [6.45, 7) is 4.93. The topological polar surface area (TPSA) is 230 Å². The molecule has 9 N–H and O–H groups in total. The number of benzene rings is 6. The van der Waals surface area contributed by atoms with Gasteiger partial charge in [-0.2, -0.15) is 0 Å². The van der Waals surface area contributed by atoms with E-state index >= 15 is 4.79 Å². The van der Waals surface area contributed by atoms with E-state index in [-0.39, 0.29) is 106 Å². The number of ether oxygens (including phenoxy) is 1. The molecule has 6 aromatic carbocycles. The fraction of sp³-hybridized carbons (Fsp3) is 0.465. The minimum atomic E-state index is -1.03. The highest BCUT2D eigenvalue weighted by atomic mass is 33.1. The highest BCUT2D eigenvalue weighted by Crippen LogP contribution is 2.61. The van der Waals surface area contributed by atoms with Gasteiger partial charge in [0.1, 0.15) is 40.1 Å². The standard InChI is InChI=1S/C71H79NO12S4/c1-36(2)22-44-30-50(53-35-86-87-58-28-40(24-37-8-3-9-38(23-37)26-45(76)13-6-19-74)34-72-64(58)43-11-4-10-39(25-43)27-49(53)65(44)79)69-68(82)67(81)63-57(84-69)33-55(78)61-51-31-48-46(17-20-75)41(12-5-18-73)29-42-15-16-47-62(59(42)48)60(51)52-32-56(83-70(61)63)54(77)14-7-21-85-88-71(47)66(52)80/h3-4,8-11,15-16,23,25,30-31,33,36,40-41,46,52,54,56,58,64,66,71-75,77-80,82H,5-7,12-14,17-22,24,26-29,32,34-35H2,1-2H3. The molecule has 0 radical (unpaired) electrons. The van der Waals surface area contributed by atoms with E-state index in [1.165, 1.54) is 11.6 Å². The van der Waals surface area contributed by atoms with E-state index in [0.717, 1.165) is 81.9 Å². The molecule has 0 spiro atoms. The lowest BCUT2D eigenvalue weighted by Gasteiger charge is -2.43. The molecule has 7 aromatic rings. The number of aliphatic hydroxyl groups is 5. The number of carbonyl (C=O) groups excluding carboxylic acids is 1. The Morgan fingerprint density at radius 3 is 2.45 bits per heavy atom. The van der Waals surface area contributed by atoms with Crippen molar-refractivity contribution in [1.29, 1.82) is 0 Å². The molecule has 2 saturated heterocycles. The number of piperidine rings is 1. The average molecular weight is 1270 g/mol. The van der Waals surface area contributed by atoms with Crippen molar-refractivity contribution >= 4 is 70.7 Å². The van der Waals surface area contributed by atoms with Gasteiger partial charge in [-0.1, -0.05) is 118 Å². The van der Waals surface area contributed by atoms with Gasteiger partial charge in [-0.3, -0.25) is 9.59 Å². The van der Waals surface area contributed by atoms with Crippen molar-refractivity contribution in [2.24, 2.45) is 17.8 Å². The number of rotatable bonds is 15. The molecule has 6 aliphatic rings. The van der Waals surface area contributed by atoms with Crippen molar-refractivity contribution in [2.75, 3.05) is 32.1 Å². The van der Waals surface area contributed by atoms with Crippen LogP contribution in [0.3, 0.4) is 0 Å². The number of aromatic hydroxyl groups is 3. The molecule has 17 heteroatoms. The smallest absolute Gasteiger partial charge is 0.238 e. The molecule has 464 valence electrons. The van der Waals surface area contributed by atoms with E-state index in [2.05, 4.69) is 73.8 Å². The van der Waals surface area contributed by atoms with Crippen molar-refractivity contribution in [1.82, 2.24) is 5.32 Å². The molecule has 0 saturated carbocycles. The van der Waals surface area contributed by atoms with Crippen LogP contribution in [0.25, 0.3) is 44.2 Å². The molecule has 4 aliphatic heterocycles. The van der Waals surface area contributed by atoms with Gasteiger partial charge in [-0.15, -0.1) is 0 Å². The fourth-order valence-electron chi connectivity index (χ4n) is 15.6. The molecule has 2 fully saturated rings. The first-order chi connectivity index (χ1) is 42.7. The number of phenols is 2. The third kappa shape index (κ3) is 11.7. The summed E-state index contributed by atoms with van der Waals surface area (Å²) in [6, 6.07) is 26.5. The second kappa shape index (κ2) is 26.2. The van der Waals surface area contributed by atoms with Gasteiger partial charge < -0.3 is 55.3 Å². The number of phenolic OH excluding ortho intramolecular Hbond substituents is 2. The Balaban J connectivity index is 0.946. The normalized spacial score (nSPS) is 24.8. The molecule has 13 nitrogen and oxygen atoms in total. The summed E-state index contributed by atoms with van der Waals surface area (Å²) in [5.41, 5.74) is 10.6. The van der Waals surface area contributed by atoms with Gasteiger partial charge in [0, 0.05) is 85.0 Å². The zero-order valence-electron chi connectivity index (χ0n) is 49.8. The van der Waals surface area contributed by atoms with Crippen LogP contribution in [0.1, 0.15) is 156 Å². The minimum absolute atomic E-state index is 0.00248. The lowest BCUT2D eigenvalue weighted by molar-refractivity contribution is -0.118. The number of ketones is 1. The van der Waals surface area contributed by atoms with Crippen molar-refractivity contribution < 1.29 is 54.8 Å². The maximum Gasteiger partial charge on any atom is 0.238 e. The lowest BCUT2D eigenvalue weighted by atomic mass is 9.65. The quantitative estimate of drug-likeness (QED) is 0.0435. The lowest BCUT2D eigenvalue weighted by Crippen LogP contribution is -2.41. The Morgan fingerprint density at radius 1 is 0.807 bits per heavy atom. The summed E-state index contributed by atoms with van der Waals surface area (Å²) >= 11 is 0. The van der Waals surface area contributed by atoms with Crippen LogP contribution in [0.15, 0.2) is 88.1 Å². The third-order valence-electron chi connectivity index (χ3n) is 19.6. The summed E-state index contributed by atoms with van der Waals surface area (Å²) in [4.78, 5) is 28.4. The predicted molar refractivity (Wildman–Crippen MR) is 354 cm³/mol. The fourth-order valence-corrected chi connectivity index (χ4v) is 21.5. The number of aliphatic hydroxyl groups excluding tert-OH is 5. The van der Waals surface area contributed by atoms with Crippen molar-refractivity contribution in [3.8, 4) is 45.4 Å². The van der Waals surface area contributed by atoms with Crippen LogP contribution >= 0.6 is 43.2 Å². The number of fused-ring (bicyclic) bond motifs is 12. The summed E-state index contributed by atoms with van der Waals surface area (Å²) in [5, 5.41) is 99.0. The molecular weight excluding hydrogens is 1190 g/mol. The molecule has 13 rings (SSSR count). The van der Waals surface area contributed by atoms with Crippen molar-refractivity contribution in [3.63, 3.8) is 0 Å². The Bertz CT molecular complexity index is 3870. The zero-order valence-corrected chi connectivity index (χ0v) is 53.1. The second-order valence-electron chi connectivity index (χ2n) is 25.9. The third-order valence-corrected chi connectivity index (χ3v) is 25.2. The second-order valence-corrected chi connectivity index (χ2v) is 31.2. The van der Waals surface area contributed by atoms with Gasteiger partial charge in [0.15, 0.2) is 5.76 Å². The molecular formula is C71H79NO12S4. The first-order valence-corrected chi connectivity index (χ1v) is 36.4. The Hall–Kier alpha value is -5.18. The summed E-state index contributed by atoms with van der Waals surface area (Å²) < 4.78 is 14.0. The van der Waals surface area contributed by atoms with Crippen LogP contribution in [0.5, 0.6) is 23.0 Å². The molecule has 88 heavy (non-hydrogen) atoms. The van der Waals surface area contributed by atoms with E-state index in [4.69, 9.17) is 9.15 Å². The van der Waals surface area contributed by atoms with Gasteiger partial charge in [-0.05, 0) is 185 Å². The van der Waals surface area contributed by atoms with Crippen molar-refractivity contribution in [2.45, 2.75) is 156 Å². The first-order valence-electron chi connectivity index (χ1n) is 31.6. The number of nitrogens with one attached hydrogen (secondary N) is 1. The van der Waals surface area contributed by atoms with E-state index in [1.807, 2.05) is 18.2 Å². The SMILES string of the molecule is CC(C)Cc1cc(-c2oc3cc(O)c4c(c3c(=O)c2O)OC2CC3c5c-4cc4c6c(ccc(c56)C(SSCCCC2O)C3O)CC(CCCO)C4CCO)c2c(c1O)Cc1cccc(c1)C1NCC(Cc3cccc(CC(=O)CCCO)c3)CC1SSC2. The van der Waals surface area contributed by atoms with Gasteiger partial charge in [0.05, 0.1) is 23.0 Å². The van der Waals surface area contributed by atoms with Gasteiger partial charge in [0.2, 0.25) is 11.2 Å². The molecule has 5 bridgehead atoms. The Morgan fingerprint density at radius 2 is 1.64 bits per heavy atom. The maximum absolute atomic E-state index is 15.8. The van der Waals surface area contributed by atoms with Gasteiger partial charge >= 0.3 is 0 Å². The van der Waals surface area contributed by atoms with Gasteiger partial charge in [0.25, 0.3) is 0 Å². The van der Waals surface area contributed by atoms with Crippen LogP contribution in [-0.2, 0) is 42.7 Å². The van der Waals surface area contributed by atoms with Crippen LogP contribution < -0.4 is 15.5 Å². The monoisotopic (exact) mass is 1270 g/mol. The Kier molecular flexibility index (Phi) is 18.4. The van der Waals surface area contributed by atoms with Crippen LogP contribution in [0, 0.1) is 17.8 Å². The van der Waals surface area contributed by atoms with Crippen molar-refractivity contribution in [3.05, 3.63) is 150 Å². The number of Topliss-reactive ketones (excluding diaryl/α,β-unsaturated/α-hetero) is 1. The largest absolute Gasteiger partial charge is 0.507 e. The van der Waals surface area contributed by atoms with Crippen LogP contribution in [-0.4, -0.2) is 102 Å². The zero-order chi connectivity index (χ0) is 61.1. The summed E-state index contributed by atoms with van der Waals surface area (Å²) in [6.07, 6.45) is 4.65. The first kappa shape index (κ1) is 61.7. The highest BCUT2D eigenvalue weighted by molar-refractivity contribution is 8.77. The summed E-state index contributed by atoms with van der Waals surface area (Å²) in [5.74, 6) is 0.162. The van der Waals surface area contributed by atoms with Crippen LogP contribution in [0.4, 0.5) is 0 Å². The highest BCUT2D eigenvalue weighted by Gasteiger charge is 2.47. The molecule has 1 aromatic heterocycles. The van der Waals surface area contributed by atoms with Gasteiger partial charge in [-0.25, -0.2) is 0 Å². The molecule has 10 atom stereocenters. The van der Waals surface area contributed by atoms with E-state index < -0.39 is 35.4 Å². The van der Waals surface area contributed by atoms with Crippen LogP contribution in [0.2, 0.25) is 0 Å².